The van der Waals surface area contributed by atoms with Crippen molar-refractivity contribution in [2.24, 2.45) is 5.73 Å². The van der Waals surface area contributed by atoms with Crippen LogP contribution < -0.4 is 5.73 Å². The number of methoxy groups -OCH3 is 2. The average Bonchev–Trinajstić information content (AvgIpc) is 2.88. The quantitative estimate of drug-likeness (QED) is 0.739. The molecule has 4 nitrogen and oxygen atoms in total. The molecule has 0 amide bonds. The summed E-state index contributed by atoms with van der Waals surface area (Å²) in [5.41, 5.74) is 6.51. The van der Waals surface area contributed by atoms with Crippen LogP contribution in [0, 0.1) is 11.8 Å². The highest BCUT2D eigenvalue weighted by atomic mass is 32.1. The van der Waals surface area contributed by atoms with Crippen LogP contribution in [-0.4, -0.2) is 51.5 Å². The number of hydrogen-bond acceptors (Lipinski definition) is 5. The third kappa shape index (κ3) is 5.61. The van der Waals surface area contributed by atoms with E-state index in [2.05, 4.69) is 35.1 Å². The molecule has 1 aromatic heterocycles. The monoisotopic (exact) mass is 296 g/mol. The lowest BCUT2D eigenvalue weighted by atomic mass is 10.2. The molecule has 0 bridgehead atoms. The first-order valence-corrected chi connectivity index (χ1v) is 7.58. The van der Waals surface area contributed by atoms with Gasteiger partial charge >= 0.3 is 0 Å². The first kappa shape index (κ1) is 17.2. The first-order chi connectivity index (χ1) is 9.72. The molecule has 1 rings (SSSR count). The van der Waals surface area contributed by atoms with Gasteiger partial charge in [0.1, 0.15) is 0 Å². The van der Waals surface area contributed by atoms with E-state index >= 15 is 0 Å². The highest BCUT2D eigenvalue weighted by molar-refractivity contribution is 7.10. The standard InChI is InChI=1S/C15H24N2O2S/c1-13(12-19-3)17(8-9-18-2)11-15-14(5-4-7-16)6-10-20-15/h6,10,13H,7-9,11-12,16H2,1-3H3. The highest BCUT2D eigenvalue weighted by Crippen LogP contribution is 2.19. The summed E-state index contributed by atoms with van der Waals surface area (Å²) in [6, 6.07) is 2.39. The van der Waals surface area contributed by atoms with Crippen LogP contribution in [0.2, 0.25) is 0 Å². The molecular formula is C15H24N2O2S. The summed E-state index contributed by atoms with van der Waals surface area (Å²) in [4.78, 5) is 3.62. The fourth-order valence-corrected chi connectivity index (χ4v) is 2.77. The van der Waals surface area contributed by atoms with Gasteiger partial charge in [-0.2, -0.15) is 0 Å². The summed E-state index contributed by atoms with van der Waals surface area (Å²) in [5.74, 6) is 6.05. The van der Waals surface area contributed by atoms with Gasteiger partial charge in [0.05, 0.1) is 19.8 Å². The zero-order valence-electron chi connectivity index (χ0n) is 12.5. The molecule has 112 valence electrons. The molecule has 0 aliphatic carbocycles. The van der Waals surface area contributed by atoms with Crippen molar-refractivity contribution in [3.63, 3.8) is 0 Å². The van der Waals surface area contributed by atoms with E-state index in [0.29, 0.717) is 25.8 Å². The van der Waals surface area contributed by atoms with Crippen molar-refractivity contribution in [2.45, 2.75) is 19.5 Å². The number of thiophene rings is 1. The van der Waals surface area contributed by atoms with Crippen LogP contribution in [0.4, 0.5) is 0 Å². The van der Waals surface area contributed by atoms with Gasteiger partial charge in [0.15, 0.2) is 0 Å². The topological polar surface area (TPSA) is 47.7 Å². The van der Waals surface area contributed by atoms with Crippen molar-refractivity contribution >= 4 is 11.3 Å². The van der Waals surface area contributed by atoms with Gasteiger partial charge in [-0.25, -0.2) is 0 Å². The molecule has 0 aliphatic rings. The Balaban J connectivity index is 2.75. The minimum Gasteiger partial charge on any atom is -0.383 e. The smallest absolute Gasteiger partial charge is 0.0615 e. The maximum atomic E-state index is 5.44. The van der Waals surface area contributed by atoms with Crippen molar-refractivity contribution < 1.29 is 9.47 Å². The number of rotatable bonds is 8. The fourth-order valence-electron chi connectivity index (χ4n) is 1.92. The lowest BCUT2D eigenvalue weighted by Gasteiger charge is -2.28. The van der Waals surface area contributed by atoms with Gasteiger partial charge in [0.25, 0.3) is 0 Å². The molecule has 0 saturated carbocycles. The summed E-state index contributed by atoms with van der Waals surface area (Å²) < 4.78 is 10.4. The molecule has 0 fully saturated rings. The van der Waals surface area contributed by atoms with Crippen LogP contribution in [0.3, 0.4) is 0 Å². The van der Waals surface area contributed by atoms with E-state index in [1.165, 1.54) is 4.88 Å². The summed E-state index contributed by atoms with van der Waals surface area (Å²) in [5, 5.41) is 2.07. The average molecular weight is 296 g/mol. The largest absolute Gasteiger partial charge is 0.383 e. The number of ether oxygens (including phenoxy) is 2. The Morgan fingerprint density at radius 1 is 1.40 bits per heavy atom. The third-order valence-electron chi connectivity index (χ3n) is 3.03. The van der Waals surface area contributed by atoms with Crippen LogP contribution >= 0.6 is 11.3 Å². The van der Waals surface area contributed by atoms with Crippen LogP contribution in [0.25, 0.3) is 0 Å². The van der Waals surface area contributed by atoms with Gasteiger partial charge in [-0.15, -0.1) is 11.3 Å². The van der Waals surface area contributed by atoms with Gasteiger partial charge < -0.3 is 15.2 Å². The Morgan fingerprint density at radius 2 is 2.20 bits per heavy atom. The van der Waals surface area contributed by atoms with Gasteiger partial charge in [0.2, 0.25) is 0 Å². The van der Waals surface area contributed by atoms with Crippen molar-refractivity contribution in [2.75, 3.05) is 40.5 Å². The zero-order valence-corrected chi connectivity index (χ0v) is 13.3. The number of nitrogens with zero attached hydrogens (tertiary/aromatic N) is 1. The van der Waals surface area contributed by atoms with Crippen LogP contribution in [0.1, 0.15) is 17.4 Å². The van der Waals surface area contributed by atoms with E-state index in [-0.39, 0.29) is 0 Å². The number of hydrogen-bond donors (Lipinski definition) is 1. The van der Waals surface area contributed by atoms with Crippen molar-refractivity contribution in [3.05, 3.63) is 21.9 Å². The minimum atomic E-state index is 0.340. The lowest BCUT2D eigenvalue weighted by molar-refractivity contribution is 0.0711. The van der Waals surface area contributed by atoms with Crippen LogP contribution in [-0.2, 0) is 16.0 Å². The van der Waals surface area contributed by atoms with E-state index in [1.807, 2.05) is 0 Å². The maximum Gasteiger partial charge on any atom is 0.0615 e. The van der Waals surface area contributed by atoms with E-state index in [1.54, 1.807) is 25.6 Å². The molecule has 2 N–H and O–H groups in total. The SMILES string of the molecule is COCCN(Cc1sccc1C#CCN)C(C)COC. The Kier molecular flexibility index (Phi) is 8.51. The van der Waals surface area contributed by atoms with E-state index < -0.39 is 0 Å². The molecule has 20 heavy (non-hydrogen) atoms. The molecule has 0 aliphatic heterocycles. The molecule has 1 atom stereocenters. The van der Waals surface area contributed by atoms with E-state index in [0.717, 1.165) is 18.7 Å². The Hall–Kier alpha value is -0.900. The van der Waals surface area contributed by atoms with Crippen LogP contribution in [0.15, 0.2) is 11.4 Å². The number of nitrogens with two attached hydrogens (primary N) is 1. The molecule has 0 radical (unpaired) electrons. The summed E-state index contributed by atoms with van der Waals surface area (Å²) in [7, 11) is 3.46. The van der Waals surface area contributed by atoms with Gasteiger partial charge in [-0.1, -0.05) is 11.8 Å². The molecule has 5 heteroatoms. The summed E-state index contributed by atoms with van der Waals surface area (Å²) >= 11 is 1.73. The second kappa shape index (κ2) is 9.92. The predicted octanol–water partition coefficient (Wildman–Crippen LogP) is 1.54. The van der Waals surface area contributed by atoms with E-state index in [9.17, 15) is 0 Å². The molecule has 0 spiro atoms. The molecular weight excluding hydrogens is 272 g/mol. The van der Waals surface area contributed by atoms with Crippen molar-refractivity contribution in [1.82, 2.24) is 4.90 Å². The highest BCUT2D eigenvalue weighted by Gasteiger charge is 2.16. The first-order valence-electron chi connectivity index (χ1n) is 6.70. The third-order valence-corrected chi connectivity index (χ3v) is 3.94. The van der Waals surface area contributed by atoms with Gasteiger partial charge in [-0.05, 0) is 18.4 Å². The molecule has 1 aromatic rings. The van der Waals surface area contributed by atoms with Gasteiger partial charge in [-0.3, -0.25) is 4.90 Å². The van der Waals surface area contributed by atoms with Crippen molar-refractivity contribution in [3.8, 4) is 11.8 Å². The lowest BCUT2D eigenvalue weighted by Crippen LogP contribution is -2.37. The second-order valence-electron chi connectivity index (χ2n) is 4.53. The minimum absolute atomic E-state index is 0.340. The van der Waals surface area contributed by atoms with Crippen LogP contribution in [0.5, 0.6) is 0 Å². The molecule has 0 saturated heterocycles. The predicted molar refractivity (Wildman–Crippen MR) is 83.9 cm³/mol. The normalized spacial score (nSPS) is 12.2. The van der Waals surface area contributed by atoms with Gasteiger partial charge in [0, 0.05) is 43.8 Å². The summed E-state index contributed by atoms with van der Waals surface area (Å²) in [6.07, 6.45) is 0. The molecule has 1 heterocycles. The fraction of sp³-hybridized carbons (Fsp3) is 0.600. The summed E-state index contributed by atoms with van der Waals surface area (Å²) in [6.45, 7) is 5.71. The maximum absolute atomic E-state index is 5.44. The Morgan fingerprint density at radius 3 is 2.85 bits per heavy atom. The van der Waals surface area contributed by atoms with Crippen molar-refractivity contribution in [1.29, 1.82) is 0 Å². The Labute approximate surface area is 125 Å². The molecule has 1 unspecified atom stereocenters. The zero-order chi connectivity index (χ0) is 14.8. The molecule has 0 aromatic carbocycles. The van der Waals surface area contributed by atoms with E-state index in [4.69, 9.17) is 15.2 Å². The second-order valence-corrected chi connectivity index (χ2v) is 5.53. The Bertz CT molecular complexity index is 437.